The predicted molar refractivity (Wildman–Crippen MR) is 85.4 cm³/mol. The number of nitrogens with one attached hydrogen (secondary N) is 2. The number of para-hydroxylation sites is 2. The second-order valence-corrected chi connectivity index (χ2v) is 5.22. The highest BCUT2D eigenvalue weighted by Gasteiger charge is 2.15. The topological polar surface area (TPSA) is 42.5 Å². The zero-order chi connectivity index (χ0) is 14.2. The van der Waals surface area contributed by atoms with Crippen molar-refractivity contribution in [3.63, 3.8) is 0 Å². The lowest BCUT2D eigenvalue weighted by Gasteiger charge is -2.16. The van der Waals surface area contributed by atoms with Crippen molar-refractivity contribution in [2.45, 2.75) is 32.3 Å². The molecule has 1 heterocycles. The molecule has 0 radical (unpaired) electrons. The van der Waals surface area contributed by atoms with E-state index in [2.05, 4.69) is 17.6 Å². The van der Waals surface area contributed by atoms with Crippen LogP contribution in [0.25, 0.3) is 0 Å². The summed E-state index contributed by atoms with van der Waals surface area (Å²) in [7, 11) is 0. The van der Waals surface area contributed by atoms with Crippen LogP contribution in [-0.2, 0) is 4.74 Å². The Morgan fingerprint density at radius 3 is 3.05 bits per heavy atom. The van der Waals surface area contributed by atoms with Gasteiger partial charge in [-0.25, -0.2) is 0 Å². The third-order valence-electron chi connectivity index (χ3n) is 3.11. The Bertz CT molecular complexity index is 434. The average Bonchev–Trinajstić information content (AvgIpc) is 2.97. The molecule has 1 aliphatic rings. The summed E-state index contributed by atoms with van der Waals surface area (Å²) in [6.45, 7) is 4.41. The fourth-order valence-corrected chi connectivity index (χ4v) is 2.28. The van der Waals surface area contributed by atoms with Crippen molar-refractivity contribution in [2.24, 2.45) is 0 Å². The second-order valence-electron chi connectivity index (χ2n) is 4.81. The minimum Gasteiger partial charge on any atom is -0.491 e. The fraction of sp³-hybridized carbons (Fsp3) is 0.533. The number of benzene rings is 1. The molecule has 0 aromatic heterocycles. The van der Waals surface area contributed by atoms with Crippen molar-refractivity contribution in [3.8, 4) is 5.75 Å². The second kappa shape index (κ2) is 8.07. The van der Waals surface area contributed by atoms with Crippen LogP contribution in [0.5, 0.6) is 5.75 Å². The summed E-state index contributed by atoms with van der Waals surface area (Å²) in [4.78, 5) is 0. The summed E-state index contributed by atoms with van der Waals surface area (Å²) < 4.78 is 11.2. The third kappa shape index (κ3) is 4.65. The maximum atomic E-state index is 5.69. The van der Waals surface area contributed by atoms with Gasteiger partial charge in [0.15, 0.2) is 5.11 Å². The first-order chi connectivity index (χ1) is 9.79. The van der Waals surface area contributed by atoms with E-state index in [1.165, 1.54) is 0 Å². The van der Waals surface area contributed by atoms with Crippen LogP contribution in [0, 0.1) is 0 Å². The van der Waals surface area contributed by atoms with Crippen molar-refractivity contribution in [1.29, 1.82) is 0 Å². The standard InChI is InChI=1S/C15H22N2O2S/c1-2-9-19-14-8-4-3-7-13(14)17-15(20)16-11-12-6-5-10-18-12/h3-4,7-8,12H,2,5-6,9-11H2,1H3,(H2,16,17,20)/t12-/m0/s1. The Hall–Kier alpha value is -1.33. The molecule has 2 N–H and O–H groups in total. The summed E-state index contributed by atoms with van der Waals surface area (Å²) >= 11 is 5.31. The number of anilines is 1. The Labute approximate surface area is 125 Å². The van der Waals surface area contributed by atoms with E-state index in [1.807, 2.05) is 24.3 Å². The molecule has 0 bridgehead atoms. The molecule has 1 aromatic carbocycles. The van der Waals surface area contributed by atoms with Gasteiger partial charge in [-0.05, 0) is 43.6 Å². The van der Waals surface area contributed by atoms with E-state index in [4.69, 9.17) is 21.7 Å². The van der Waals surface area contributed by atoms with Crippen LogP contribution in [0.1, 0.15) is 26.2 Å². The van der Waals surface area contributed by atoms with Crippen molar-refractivity contribution in [3.05, 3.63) is 24.3 Å². The molecular weight excluding hydrogens is 272 g/mol. The van der Waals surface area contributed by atoms with Gasteiger partial charge in [-0.3, -0.25) is 0 Å². The normalized spacial score (nSPS) is 17.8. The van der Waals surface area contributed by atoms with Crippen molar-refractivity contribution >= 4 is 23.0 Å². The van der Waals surface area contributed by atoms with Crippen molar-refractivity contribution in [2.75, 3.05) is 25.1 Å². The molecule has 0 saturated carbocycles. The minimum atomic E-state index is 0.279. The largest absolute Gasteiger partial charge is 0.491 e. The molecule has 1 atom stereocenters. The smallest absolute Gasteiger partial charge is 0.170 e. The van der Waals surface area contributed by atoms with Crippen LogP contribution in [0.15, 0.2) is 24.3 Å². The van der Waals surface area contributed by atoms with E-state index < -0.39 is 0 Å². The van der Waals surface area contributed by atoms with E-state index in [9.17, 15) is 0 Å². The number of hydrogen-bond donors (Lipinski definition) is 2. The molecule has 0 amide bonds. The van der Waals surface area contributed by atoms with Crippen LogP contribution in [0.2, 0.25) is 0 Å². The average molecular weight is 294 g/mol. The van der Waals surface area contributed by atoms with Gasteiger partial charge >= 0.3 is 0 Å². The zero-order valence-electron chi connectivity index (χ0n) is 11.9. The van der Waals surface area contributed by atoms with Gasteiger partial charge in [-0.1, -0.05) is 19.1 Å². The lowest BCUT2D eigenvalue weighted by molar-refractivity contribution is 0.114. The quantitative estimate of drug-likeness (QED) is 0.790. The van der Waals surface area contributed by atoms with E-state index >= 15 is 0 Å². The van der Waals surface area contributed by atoms with E-state index in [0.717, 1.165) is 43.9 Å². The maximum Gasteiger partial charge on any atom is 0.170 e. The summed E-state index contributed by atoms with van der Waals surface area (Å²) in [6, 6.07) is 7.83. The lowest BCUT2D eigenvalue weighted by Crippen LogP contribution is -2.34. The molecule has 0 aliphatic carbocycles. The third-order valence-corrected chi connectivity index (χ3v) is 3.36. The molecule has 2 rings (SSSR count). The van der Waals surface area contributed by atoms with Gasteiger partial charge in [0.05, 0.1) is 18.4 Å². The Morgan fingerprint density at radius 2 is 2.30 bits per heavy atom. The molecule has 0 spiro atoms. The lowest BCUT2D eigenvalue weighted by atomic mass is 10.2. The molecule has 5 heteroatoms. The van der Waals surface area contributed by atoms with Gasteiger partial charge in [0.25, 0.3) is 0 Å². The van der Waals surface area contributed by atoms with Crippen LogP contribution in [0.3, 0.4) is 0 Å². The van der Waals surface area contributed by atoms with Crippen molar-refractivity contribution in [1.82, 2.24) is 5.32 Å². The molecule has 1 aliphatic heterocycles. The van der Waals surface area contributed by atoms with Gasteiger partial charge < -0.3 is 20.1 Å². The molecule has 20 heavy (non-hydrogen) atoms. The molecule has 1 aromatic rings. The Kier molecular flexibility index (Phi) is 6.08. The minimum absolute atomic E-state index is 0.279. The molecule has 1 fully saturated rings. The number of ether oxygens (including phenoxy) is 2. The predicted octanol–water partition coefficient (Wildman–Crippen LogP) is 2.94. The van der Waals surface area contributed by atoms with Crippen LogP contribution < -0.4 is 15.4 Å². The molecule has 0 unspecified atom stereocenters. The first kappa shape index (κ1) is 15.1. The van der Waals surface area contributed by atoms with Gasteiger partial charge in [0.1, 0.15) is 5.75 Å². The Morgan fingerprint density at radius 1 is 1.45 bits per heavy atom. The highest BCUT2D eigenvalue weighted by atomic mass is 32.1. The zero-order valence-corrected chi connectivity index (χ0v) is 12.7. The first-order valence-corrected chi connectivity index (χ1v) is 7.58. The maximum absolute atomic E-state index is 5.69. The molecule has 4 nitrogen and oxygen atoms in total. The Balaban J connectivity index is 1.83. The van der Waals surface area contributed by atoms with Gasteiger partial charge in [0, 0.05) is 13.2 Å². The van der Waals surface area contributed by atoms with E-state index in [1.54, 1.807) is 0 Å². The van der Waals surface area contributed by atoms with Crippen LogP contribution in [0.4, 0.5) is 5.69 Å². The molecular formula is C15H22N2O2S. The van der Waals surface area contributed by atoms with Gasteiger partial charge in [0.2, 0.25) is 0 Å². The molecule has 110 valence electrons. The summed E-state index contributed by atoms with van der Waals surface area (Å²) in [5.41, 5.74) is 0.894. The summed E-state index contributed by atoms with van der Waals surface area (Å²) in [5, 5.41) is 6.98. The van der Waals surface area contributed by atoms with Gasteiger partial charge in [-0.15, -0.1) is 0 Å². The summed E-state index contributed by atoms with van der Waals surface area (Å²) in [6.07, 6.45) is 3.50. The monoisotopic (exact) mass is 294 g/mol. The van der Waals surface area contributed by atoms with Crippen molar-refractivity contribution < 1.29 is 9.47 Å². The first-order valence-electron chi connectivity index (χ1n) is 7.18. The number of thiocarbonyl (C=S) groups is 1. The number of hydrogen-bond acceptors (Lipinski definition) is 3. The fourth-order valence-electron chi connectivity index (χ4n) is 2.09. The van der Waals surface area contributed by atoms with E-state index in [0.29, 0.717) is 11.7 Å². The molecule has 1 saturated heterocycles. The highest BCUT2D eigenvalue weighted by molar-refractivity contribution is 7.80. The summed E-state index contributed by atoms with van der Waals surface area (Å²) in [5.74, 6) is 0.829. The van der Waals surface area contributed by atoms with Crippen LogP contribution in [-0.4, -0.2) is 31.0 Å². The van der Waals surface area contributed by atoms with E-state index in [-0.39, 0.29) is 6.10 Å². The van der Waals surface area contributed by atoms with Gasteiger partial charge in [-0.2, -0.15) is 0 Å². The van der Waals surface area contributed by atoms with Crippen LogP contribution >= 0.6 is 12.2 Å². The SMILES string of the molecule is CCCOc1ccccc1NC(=S)NC[C@@H]1CCCO1. The highest BCUT2D eigenvalue weighted by Crippen LogP contribution is 2.23. The number of rotatable bonds is 6.